The molecule has 4 heteroatoms. The zero-order valence-corrected chi connectivity index (χ0v) is 8.81. The average Bonchev–Trinajstić information content (AvgIpc) is 2.18. The van der Waals surface area contributed by atoms with Gasteiger partial charge in [-0.15, -0.1) is 0 Å². The van der Waals surface area contributed by atoms with E-state index in [1.54, 1.807) is 0 Å². The van der Waals surface area contributed by atoms with E-state index < -0.39 is 11.8 Å². The van der Waals surface area contributed by atoms with Crippen LogP contribution in [0.15, 0.2) is 0 Å². The molecular formula is C10H20F2N2. The summed E-state index contributed by atoms with van der Waals surface area (Å²) in [6.45, 7) is 4.46. The molecule has 2 N–H and O–H groups in total. The SMILES string of the molecule is CCN1CCCC(C(F)(F)CCN)C1. The Bertz CT molecular complexity index is 174. The van der Waals surface area contributed by atoms with Crippen LogP contribution in [0.3, 0.4) is 0 Å². The summed E-state index contributed by atoms with van der Waals surface area (Å²) in [6, 6.07) is 0. The smallest absolute Gasteiger partial charge is 0.253 e. The third-order valence-corrected chi connectivity index (χ3v) is 3.03. The summed E-state index contributed by atoms with van der Waals surface area (Å²) in [4.78, 5) is 2.10. The molecule has 1 heterocycles. The van der Waals surface area contributed by atoms with Gasteiger partial charge < -0.3 is 10.6 Å². The maximum Gasteiger partial charge on any atom is 0.253 e. The third kappa shape index (κ3) is 2.89. The van der Waals surface area contributed by atoms with Gasteiger partial charge in [-0.2, -0.15) is 0 Å². The minimum Gasteiger partial charge on any atom is -0.330 e. The van der Waals surface area contributed by atoms with Crippen LogP contribution in [-0.4, -0.2) is 37.0 Å². The van der Waals surface area contributed by atoms with Crippen LogP contribution in [0.2, 0.25) is 0 Å². The lowest BCUT2D eigenvalue weighted by molar-refractivity contribution is -0.0856. The zero-order chi connectivity index (χ0) is 10.6. The lowest BCUT2D eigenvalue weighted by Gasteiger charge is -2.36. The molecule has 1 atom stereocenters. The molecule has 1 unspecified atom stereocenters. The summed E-state index contributed by atoms with van der Waals surface area (Å²) in [5.41, 5.74) is 5.19. The monoisotopic (exact) mass is 206 g/mol. The number of nitrogens with zero attached hydrogens (tertiary/aromatic N) is 1. The fourth-order valence-electron chi connectivity index (χ4n) is 2.08. The molecule has 1 rings (SSSR count). The van der Waals surface area contributed by atoms with Crippen molar-refractivity contribution in [2.45, 2.75) is 32.1 Å². The Labute approximate surface area is 84.4 Å². The molecule has 2 nitrogen and oxygen atoms in total. The molecule has 0 aromatic carbocycles. The summed E-state index contributed by atoms with van der Waals surface area (Å²) >= 11 is 0. The number of alkyl halides is 2. The van der Waals surface area contributed by atoms with Crippen LogP contribution in [0.1, 0.15) is 26.2 Å². The lowest BCUT2D eigenvalue weighted by atomic mass is 9.90. The Balaban J connectivity index is 2.49. The highest BCUT2D eigenvalue weighted by atomic mass is 19.3. The number of likely N-dealkylation sites (tertiary alicyclic amines) is 1. The Morgan fingerprint density at radius 3 is 2.79 bits per heavy atom. The first-order valence-electron chi connectivity index (χ1n) is 5.40. The highest BCUT2D eigenvalue weighted by molar-refractivity contribution is 4.83. The van der Waals surface area contributed by atoms with E-state index >= 15 is 0 Å². The van der Waals surface area contributed by atoms with Gasteiger partial charge >= 0.3 is 0 Å². The van der Waals surface area contributed by atoms with Gasteiger partial charge in [-0.25, -0.2) is 8.78 Å². The van der Waals surface area contributed by atoms with E-state index in [9.17, 15) is 8.78 Å². The molecule has 0 aromatic rings. The van der Waals surface area contributed by atoms with Crippen LogP contribution >= 0.6 is 0 Å². The number of piperidine rings is 1. The lowest BCUT2D eigenvalue weighted by Crippen LogP contribution is -2.44. The molecule has 0 aliphatic carbocycles. The second-order valence-electron chi connectivity index (χ2n) is 4.03. The van der Waals surface area contributed by atoms with Crippen molar-refractivity contribution in [3.8, 4) is 0 Å². The number of hydrogen-bond donors (Lipinski definition) is 1. The highest BCUT2D eigenvalue weighted by Crippen LogP contribution is 2.34. The number of nitrogens with two attached hydrogens (primary N) is 1. The Hall–Kier alpha value is -0.220. The van der Waals surface area contributed by atoms with Crippen molar-refractivity contribution >= 4 is 0 Å². The van der Waals surface area contributed by atoms with Crippen LogP contribution in [0.4, 0.5) is 8.78 Å². The summed E-state index contributed by atoms with van der Waals surface area (Å²) in [5, 5.41) is 0. The van der Waals surface area contributed by atoms with Gasteiger partial charge in [0.1, 0.15) is 0 Å². The van der Waals surface area contributed by atoms with E-state index in [1.807, 2.05) is 6.92 Å². The molecular weight excluding hydrogens is 186 g/mol. The molecule has 0 radical (unpaired) electrons. The van der Waals surface area contributed by atoms with Crippen LogP contribution in [-0.2, 0) is 0 Å². The topological polar surface area (TPSA) is 29.3 Å². The summed E-state index contributed by atoms with van der Waals surface area (Å²) in [7, 11) is 0. The maximum atomic E-state index is 13.5. The molecule has 84 valence electrons. The first-order chi connectivity index (χ1) is 6.60. The van der Waals surface area contributed by atoms with E-state index in [0.717, 1.165) is 19.5 Å². The Kier molecular flexibility index (Phi) is 4.26. The van der Waals surface area contributed by atoms with E-state index in [1.165, 1.54) is 0 Å². The van der Waals surface area contributed by atoms with Gasteiger partial charge in [0.05, 0.1) is 0 Å². The Morgan fingerprint density at radius 2 is 2.21 bits per heavy atom. The normalized spacial score (nSPS) is 25.3. The van der Waals surface area contributed by atoms with Crippen molar-refractivity contribution in [2.75, 3.05) is 26.2 Å². The van der Waals surface area contributed by atoms with Crippen LogP contribution in [0.5, 0.6) is 0 Å². The van der Waals surface area contributed by atoms with E-state index in [0.29, 0.717) is 13.0 Å². The fourth-order valence-corrected chi connectivity index (χ4v) is 2.08. The third-order valence-electron chi connectivity index (χ3n) is 3.03. The van der Waals surface area contributed by atoms with Crippen molar-refractivity contribution in [1.82, 2.24) is 4.90 Å². The first kappa shape index (κ1) is 11.9. The average molecular weight is 206 g/mol. The molecule has 0 amide bonds. The molecule has 1 aliphatic heterocycles. The van der Waals surface area contributed by atoms with Crippen molar-refractivity contribution in [1.29, 1.82) is 0 Å². The summed E-state index contributed by atoms with van der Waals surface area (Å²) in [5.74, 6) is -3.05. The molecule has 0 spiro atoms. The van der Waals surface area contributed by atoms with Crippen LogP contribution < -0.4 is 5.73 Å². The minimum absolute atomic E-state index is 0.0790. The van der Waals surface area contributed by atoms with Gasteiger partial charge in [0.25, 0.3) is 5.92 Å². The van der Waals surface area contributed by atoms with Gasteiger partial charge in [-0.05, 0) is 32.5 Å². The largest absolute Gasteiger partial charge is 0.330 e. The Morgan fingerprint density at radius 1 is 1.50 bits per heavy atom. The summed E-state index contributed by atoms with van der Waals surface area (Å²) in [6.07, 6.45) is 1.36. The van der Waals surface area contributed by atoms with Crippen molar-refractivity contribution < 1.29 is 8.78 Å². The quantitative estimate of drug-likeness (QED) is 0.758. The predicted molar refractivity (Wildman–Crippen MR) is 53.5 cm³/mol. The first-order valence-corrected chi connectivity index (χ1v) is 5.40. The van der Waals surface area contributed by atoms with Crippen molar-refractivity contribution in [2.24, 2.45) is 11.7 Å². The predicted octanol–water partition coefficient (Wildman–Crippen LogP) is 1.70. The van der Waals surface area contributed by atoms with Gasteiger partial charge in [0.2, 0.25) is 0 Å². The van der Waals surface area contributed by atoms with E-state index in [2.05, 4.69) is 4.90 Å². The fraction of sp³-hybridized carbons (Fsp3) is 1.00. The number of hydrogen-bond acceptors (Lipinski definition) is 2. The van der Waals surface area contributed by atoms with Crippen LogP contribution in [0.25, 0.3) is 0 Å². The second kappa shape index (κ2) is 5.03. The molecule has 1 aliphatic rings. The second-order valence-corrected chi connectivity index (χ2v) is 4.03. The van der Waals surface area contributed by atoms with Crippen molar-refractivity contribution in [3.63, 3.8) is 0 Å². The van der Waals surface area contributed by atoms with Gasteiger partial charge in [0.15, 0.2) is 0 Å². The van der Waals surface area contributed by atoms with Gasteiger partial charge in [0, 0.05) is 18.9 Å². The number of rotatable bonds is 4. The molecule has 0 aromatic heterocycles. The summed E-state index contributed by atoms with van der Waals surface area (Å²) < 4.78 is 27.0. The van der Waals surface area contributed by atoms with E-state index in [4.69, 9.17) is 5.73 Å². The molecule has 0 saturated carbocycles. The minimum atomic E-state index is -2.57. The van der Waals surface area contributed by atoms with E-state index in [-0.39, 0.29) is 13.0 Å². The standard InChI is InChI=1S/C10H20F2N2/c1-2-14-7-3-4-9(8-14)10(11,12)5-6-13/h9H,2-8,13H2,1H3. The maximum absolute atomic E-state index is 13.5. The van der Waals surface area contributed by atoms with Gasteiger partial charge in [-0.3, -0.25) is 0 Å². The molecule has 1 saturated heterocycles. The zero-order valence-electron chi connectivity index (χ0n) is 8.81. The number of halogens is 2. The van der Waals surface area contributed by atoms with Gasteiger partial charge in [-0.1, -0.05) is 6.92 Å². The van der Waals surface area contributed by atoms with Crippen LogP contribution in [0, 0.1) is 5.92 Å². The molecule has 14 heavy (non-hydrogen) atoms. The van der Waals surface area contributed by atoms with Crippen molar-refractivity contribution in [3.05, 3.63) is 0 Å². The molecule has 1 fully saturated rings. The highest BCUT2D eigenvalue weighted by Gasteiger charge is 2.40. The molecule has 0 bridgehead atoms.